The van der Waals surface area contributed by atoms with Crippen LogP contribution in [0.5, 0.6) is 0 Å². The highest BCUT2D eigenvalue weighted by atomic mass is 32.2. The number of halogens is 3. The molecule has 8 heteroatoms. The van der Waals surface area contributed by atoms with Crippen molar-refractivity contribution in [1.29, 1.82) is 0 Å². The van der Waals surface area contributed by atoms with E-state index in [0.29, 0.717) is 0 Å². The quantitative estimate of drug-likeness (QED) is 0.788. The Hall–Kier alpha value is -1.12. The highest BCUT2D eigenvalue weighted by molar-refractivity contribution is 7.89. The van der Waals surface area contributed by atoms with Gasteiger partial charge in [0.1, 0.15) is 0 Å². The number of hydrogen-bond donors (Lipinski definition) is 0. The number of hydroxylamine groups is 1. The van der Waals surface area contributed by atoms with Gasteiger partial charge in [0.25, 0.3) is 0 Å². The molecule has 0 unspecified atom stereocenters. The van der Waals surface area contributed by atoms with Gasteiger partial charge >= 0.3 is 6.18 Å². The summed E-state index contributed by atoms with van der Waals surface area (Å²) in [6.07, 6.45) is -4.86. The highest BCUT2D eigenvalue weighted by Crippen LogP contribution is 2.23. The fraction of sp³-hybridized carbons (Fsp3) is 0.333. The van der Waals surface area contributed by atoms with E-state index in [4.69, 9.17) is 0 Å². The Balaban J connectivity index is 3.09. The molecule has 0 radical (unpaired) electrons. The molecular weight excluding hydrogens is 259 g/mol. The molecule has 0 aromatic heterocycles. The number of sulfonamides is 1. The predicted molar refractivity (Wildman–Crippen MR) is 54.5 cm³/mol. The van der Waals surface area contributed by atoms with Gasteiger partial charge in [-0.15, -0.1) is 0 Å². The molecule has 0 bridgehead atoms. The molecule has 0 heterocycles. The minimum absolute atomic E-state index is 0.218. The summed E-state index contributed by atoms with van der Waals surface area (Å²) in [5, 5.41) is 11.0. The second kappa shape index (κ2) is 4.63. The van der Waals surface area contributed by atoms with E-state index < -0.39 is 32.1 Å². The fourth-order valence-electron chi connectivity index (χ4n) is 1.19. The zero-order valence-corrected chi connectivity index (χ0v) is 9.55. The maximum Gasteiger partial charge on any atom is 0.401 e. The van der Waals surface area contributed by atoms with Crippen molar-refractivity contribution in [3.63, 3.8) is 0 Å². The third kappa shape index (κ3) is 3.42. The summed E-state index contributed by atoms with van der Waals surface area (Å²) >= 11 is 0. The van der Waals surface area contributed by atoms with Crippen molar-refractivity contribution >= 4 is 10.0 Å². The Morgan fingerprint density at radius 3 is 2.29 bits per heavy atom. The van der Waals surface area contributed by atoms with E-state index in [-0.39, 0.29) is 5.56 Å². The van der Waals surface area contributed by atoms with E-state index in [2.05, 4.69) is 0 Å². The molecule has 0 atom stereocenters. The van der Waals surface area contributed by atoms with Gasteiger partial charge in [0.05, 0.1) is 11.4 Å². The standard InChI is InChI=1S/C9H9F3NO3S/c1-7-4-2-3-5-8(7)17(15,16)13(14)6-9(10,11)12/h2-5H,6H2,1H3/q-1. The second-order valence-electron chi connectivity index (χ2n) is 3.35. The van der Waals surface area contributed by atoms with Crippen molar-refractivity contribution in [2.24, 2.45) is 0 Å². The van der Waals surface area contributed by atoms with Crippen LogP contribution in [0.15, 0.2) is 29.2 Å². The molecule has 0 aliphatic heterocycles. The van der Waals surface area contributed by atoms with Crippen LogP contribution in [0.1, 0.15) is 5.56 Å². The zero-order valence-electron chi connectivity index (χ0n) is 8.73. The monoisotopic (exact) mass is 268 g/mol. The maximum atomic E-state index is 11.9. The molecule has 0 spiro atoms. The van der Waals surface area contributed by atoms with Crippen LogP contribution < -0.4 is 0 Å². The second-order valence-corrected chi connectivity index (χ2v) is 5.14. The number of nitrogens with zero attached hydrogens (tertiary/aromatic N) is 1. The van der Waals surface area contributed by atoms with E-state index >= 15 is 0 Å². The molecule has 4 nitrogen and oxygen atoms in total. The Morgan fingerprint density at radius 1 is 1.29 bits per heavy atom. The molecule has 0 amide bonds. The van der Waals surface area contributed by atoms with Crippen LogP contribution in [0.3, 0.4) is 0 Å². The number of rotatable bonds is 3. The highest BCUT2D eigenvalue weighted by Gasteiger charge is 2.32. The lowest BCUT2D eigenvalue weighted by Crippen LogP contribution is -2.34. The molecule has 0 aliphatic rings. The molecule has 0 aliphatic carbocycles. The summed E-state index contributed by atoms with van der Waals surface area (Å²) in [4.78, 5) is -0.417. The number of hydrogen-bond acceptors (Lipinski definition) is 3. The van der Waals surface area contributed by atoms with Gasteiger partial charge in [-0.25, -0.2) is 8.42 Å². The average Bonchev–Trinajstić information content (AvgIpc) is 2.15. The lowest BCUT2D eigenvalue weighted by atomic mass is 10.2. The normalized spacial score (nSPS) is 13.1. The van der Waals surface area contributed by atoms with Gasteiger partial charge in [0, 0.05) is 0 Å². The lowest BCUT2D eigenvalue weighted by molar-refractivity contribution is -0.132. The third-order valence-electron chi connectivity index (χ3n) is 1.95. The number of alkyl halides is 3. The first-order valence-corrected chi connectivity index (χ1v) is 5.91. The summed E-state index contributed by atoms with van der Waals surface area (Å²) < 4.78 is 58.0. The largest absolute Gasteiger partial charge is 0.772 e. The minimum atomic E-state index is -4.86. The molecule has 0 saturated heterocycles. The average molecular weight is 268 g/mol. The van der Waals surface area contributed by atoms with Crippen LogP contribution >= 0.6 is 0 Å². The van der Waals surface area contributed by atoms with Gasteiger partial charge < -0.3 is 5.21 Å². The fourth-order valence-corrected chi connectivity index (χ4v) is 2.45. The number of benzene rings is 1. The van der Waals surface area contributed by atoms with Crippen molar-refractivity contribution in [3.05, 3.63) is 35.0 Å². The number of aryl methyl sites for hydroxylation is 1. The van der Waals surface area contributed by atoms with Crippen molar-refractivity contribution in [2.75, 3.05) is 6.54 Å². The van der Waals surface area contributed by atoms with E-state index in [9.17, 15) is 26.8 Å². The van der Waals surface area contributed by atoms with Crippen LogP contribution in [0.25, 0.3) is 0 Å². The van der Waals surface area contributed by atoms with Gasteiger partial charge in [-0.05, 0) is 18.6 Å². The van der Waals surface area contributed by atoms with E-state index in [1.807, 2.05) is 0 Å². The first-order chi connectivity index (χ1) is 7.64. The smallest absolute Gasteiger partial charge is 0.401 e. The summed E-state index contributed by atoms with van der Waals surface area (Å²) in [5.74, 6) is 0. The van der Waals surface area contributed by atoms with Gasteiger partial charge in [-0.1, -0.05) is 18.2 Å². The van der Waals surface area contributed by atoms with E-state index in [1.165, 1.54) is 25.1 Å². The lowest BCUT2D eigenvalue weighted by Gasteiger charge is -2.28. The van der Waals surface area contributed by atoms with Crippen LogP contribution in [0, 0.1) is 12.1 Å². The summed E-state index contributed by atoms with van der Waals surface area (Å²) in [6, 6.07) is 5.34. The Bertz CT molecular complexity index is 498. The molecule has 1 aromatic rings. The van der Waals surface area contributed by atoms with Gasteiger partial charge in [-0.2, -0.15) is 13.2 Å². The van der Waals surface area contributed by atoms with E-state index in [1.54, 1.807) is 0 Å². The summed E-state index contributed by atoms with van der Waals surface area (Å²) in [6.45, 7) is -0.655. The van der Waals surface area contributed by atoms with Gasteiger partial charge in [0.2, 0.25) is 10.0 Å². The molecule has 1 rings (SSSR count). The topological polar surface area (TPSA) is 60.4 Å². The van der Waals surface area contributed by atoms with Gasteiger partial charge in [-0.3, -0.25) is 4.47 Å². The molecule has 1 aromatic carbocycles. The first kappa shape index (κ1) is 13.9. The molecule has 0 N–H and O–H groups in total. The van der Waals surface area contributed by atoms with Crippen LogP contribution in [0.4, 0.5) is 13.2 Å². The minimum Gasteiger partial charge on any atom is -0.772 e. The Kier molecular flexibility index (Phi) is 3.80. The molecule has 0 fully saturated rings. The van der Waals surface area contributed by atoms with Gasteiger partial charge in [0.15, 0.2) is 0 Å². The summed E-state index contributed by atoms with van der Waals surface area (Å²) in [5.41, 5.74) is 0.218. The van der Waals surface area contributed by atoms with Crippen molar-refractivity contribution in [1.82, 2.24) is 4.47 Å². The van der Waals surface area contributed by atoms with Crippen molar-refractivity contribution in [2.45, 2.75) is 18.0 Å². The predicted octanol–water partition coefficient (Wildman–Crippen LogP) is 2.05. The third-order valence-corrected chi connectivity index (χ3v) is 3.63. The zero-order chi connectivity index (χ0) is 13.3. The summed E-state index contributed by atoms with van der Waals surface area (Å²) in [7, 11) is -4.65. The van der Waals surface area contributed by atoms with Crippen LogP contribution in [0.2, 0.25) is 0 Å². The van der Waals surface area contributed by atoms with Crippen molar-refractivity contribution in [3.8, 4) is 0 Å². The first-order valence-electron chi connectivity index (χ1n) is 4.47. The molecule has 96 valence electrons. The maximum absolute atomic E-state index is 11.9. The molecule has 17 heavy (non-hydrogen) atoms. The van der Waals surface area contributed by atoms with Crippen molar-refractivity contribution < 1.29 is 21.6 Å². The van der Waals surface area contributed by atoms with Crippen LogP contribution in [-0.4, -0.2) is 25.6 Å². The van der Waals surface area contributed by atoms with Crippen LogP contribution in [-0.2, 0) is 10.0 Å². The molecule has 0 saturated carbocycles. The van der Waals surface area contributed by atoms with E-state index in [0.717, 1.165) is 6.07 Å². The SMILES string of the molecule is Cc1ccccc1S(=O)(=O)N([O-])CC(F)(F)F. The Morgan fingerprint density at radius 2 is 1.82 bits per heavy atom. The Labute approximate surface area is 96.3 Å². The molecular formula is C9H9F3NO3S-.